The summed E-state index contributed by atoms with van der Waals surface area (Å²) < 4.78 is 7.35. The van der Waals surface area contributed by atoms with Crippen LogP contribution in [0.15, 0.2) is 12.4 Å². The zero-order valence-electron chi connectivity index (χ0n) is 18.6. The molecular formula is C23H34N6O2. The number of nitrogens with zero attached hydrogens (tertiary/aromatic N) is 6. The van der Waals surface area contributed by atoms with Gasteiger partial charge in [0.05, 0.1) is 0 Å². The first-order chi connectivity index (χ1) is 15.2. The summed E-state index contributed by atoms with van der Waals surface area (Å²) in [5, 5.41) is 4.38. The lowest BCUT2D eigenvalue weighted by molar-refractivity contribution is -0.142. The average molecular weight is 427 g/mol. The number of likely N-dealkylation sites (tertiary alicyclic amines) is 1. The first-order valence-corrected chi connectivity index (χ1v) is 12.0. The molecule has 2 aromatic rings. The Morgan fingerprint density at radius 3 is 2.65 bits per heavy atom. The summed E-state index contributed by atoms with van der Waals surface area (Å²) in [6.07, 6.45) is 10.3. The van der Waals surface area contributed by atoms with Crippen molar-refractivity contribution < 1.29 is 9.53 Å². The highest BCUT2D eigenvalue weighted by atomic mass is 16.5. The Hall–Kier alpha value is -2.22. The molecule has 0 bridgehead atoms. The van der Waals surface area contributed by atoms with E-state index in [0.29, 0.717) is 23.6 Å². The first kappa shape index (κ1) is 20.7. The number of carbonyl (C=O) groups is 1. The van der Waals surface area contributed by atoms with Crippen LogP contribution in [0.5, 0.6) is 0 Å². The summed E-state index contributed by atoms with van der Waals surface area (Å²) in [4.78, 5) is 26.9. The maximum atomic E-state index is 13.4. The lowest BCUT2D eigenvalue weighted by Gasteiger charge is -2.42. The molecule has 5 heterocycles. The van der Waals surface area contributed by atoms with E-state index >= 15 is 0 Å². The molecule has 1 amide bonds. The molecule has 168 valence electrons. The number of rotatable bonds is 3. The highest BCUT2D eigenvalue weighted by Gasteiger charge is 2.37. The summed E-state index contributed by atoms with van der Waals surface area (Å²) >= 11 is 0. The second-order valence-electron chi connectivity index (χ2n) is 9.39. The molecular weight excluding hydrogens is 392 g/mol. The molecule has 3 saturated heterocycles. The van der Waals surface area contributed by atoms with E-state index in [4.69, 9.17) is 4.74 Å². The molecule has 3 fully saturated rings. The second kappa shape index (κ2) is 9.10. The molecule has 8 nitrogen and oxygen atoms in total. The van der Waals surface area contributed by atoms with Gasteiger partial charge >= 0.3 is 0 Å². The monoisotopic (exact) mass is 426 g/mol. The van der Waals surface area contributed by atoms with Crippen molar-refractivity contribution in [3.8, 4) is 0 Å². The Morgan fingerprint density at radius 2 is 1.84 bits per heavy atom. The molecule has 8 heteroatoms. The van der Waals surface area contributed by atoms with Crippen molar-refractivity contribution in [3.05, 3.63) is 18.1 Å². The van der Waals surface area contributed by atoms with Gasteiger partial charge in [-0.05, 0) is 51.4 Å². The predicted molar refractivity (Wildman–Crippen MR) is 118 cm³/mol. The topological polar surface area (TPSA) is 75.9 Å². The Morgan fingerprint density at radius 1 is 1.03 bits per heavy atom. The molecule has 3 aliphatic heterocycles. The Balaban J connectivity index is 1.29. The van der Waals surface area contributed by atoms with Crippen LogP contribution in [0.1, 0.15) is 57.1 Å². The van der Waals surface area contributed by atoms with Gasteiger partial charge in [-0.25, -0.2) is 4.98 Å². The van der Waals surface area contributed by atoms with Crippen LogP contribution in [-0.2, 0) is 9.53 Å². The van der Waals surface area contributed by atoms with Gasteiger partial charge in [-0.3, -0.25) is 4.79 Å². The van der Waals surface area contributed by atoms with Crippen molar-refractivity contribution in [1.82, 2.24) is 24.5 Å². The molecule has 0 aromatic carbocycles. The smallest absolute Gasteiger partial charge is 0.254 e. The van der Waals surface area contributed by atoms with E-state index in [1.165, 1.54) is 12.8 Å². The average Bonchev–Trinajstić information content (AvgIpc) is 3.14. The van der Waals surface area contributed by atoms with Gasteiger partial charge in [0.15, 0.2) is 0 Å². The van der Waals surface area contributed by atoms with Crippen LogP contribution in [0.3, 0.4) is 0 Å². The maximum Gasteiger partial charge on any atom is 0.254 e. The fraction of sp³-hybridized carbons (Fsp3) is 0.739. The number of ether oxygens (including phenoxy) is 1. The SMILES string of the molecule is Cc1cc(N2CCC(C3CCCCCN3C(=O)C3CCOCC3)CC2)n2ncnc2n1. The standard InChI is InChI=1S/C23H34N6O2/c1-17-15-21(29-23(26-17)24-16-25-29)27-11-6-18(7-12-27)20-5-3-2-4-10-28(20)22(30)19-8-13-31-14-9-19/h15-16,18-20H,2-14H2,1H3. The largest absolute Gasteiger partial charge is 0.381 e. The number of amides is 1. The number of piperidine rings is 1. The summed E-state index contributed by atoms with van der Waals surface area (Å²) in [6.45, 7) is 6.38. The zero-order chi connectivity index (χ0) is 21.2. The maximum absolute atomic E-state index is 13.4. The molecule has 0 N–H and O–H groups in total. The van der Waals surface area contributed by atoms with Gasteiger partial charge < -0.3 is 14.5 Å². The van der Waals surface area contributed by atoms with Gasteiger partial charge in [-0.2, -0.15) is 14.6 Å². The second-order valence-corrected chi connectivity index (χ2v) is 9.39. The normalized spacial score (nSPS) is 24.5. The van der Waals surface area contributed by atoms with E-state index in [1.54, 1.807) is 6.33 Å². The molecule has 0 saturated carbocycles. The van der Waals surface area contributed by atoms with Crippen molar-refractivity contribution in [2.45, 2.75) is 64.3 Å². The third-order valence-corrected chi connectivity index (χ3v) is 7.42. The van der Waals surface area contributed by atoms with Crippen molar-refractivity contribution in [3.63, 3.8) is 0 Å². The Kier molecular flexibility index (Phi) is 6.07. The fourth-order valence-corrected chi connectivity index (χ4v) is 5.73. The predicted octanol–water partition coefficient (Wildman–Crippen LogP) is 2.85. The first-order valence-electron chi connectivity index (χ1n) is 12.0. The van der Waals surface area contributed by atoms with Crippen LogP contribution in [0.2, 0.25) is 0 Å². The molecule has 1 unspecified atom stereocenters. The number of carbonyl (C=O) groups excluding carboxylic acids is 1. The minimum absolute atomic E-state index is 0.162. The number of anilines is 1. The van der Waals surface area contributed by atoms with E-state index in [2.05, 4.69) is 30.9 Å². The zero-order valence-corrected chi connectivity index (χ0v) is 18.6. The number of hydrogen-bond donors (Lipinski definition) is 0. The van der Waals surface area contributed by atoms with Crippen LogP contribution < -0.4 is 4.90 Å². The molecule has 0 spiro atoms. The summed E-state index contributed by atoms with van der Waals surface area (Å²) in [5.74, 6) is 2.87. The number of fused-ring (bicyclic) bond motifs is 1. The van der Waals surface area contributed by atoms with Crippen molar-refractivity contribution in [2.75, 3.05) is 37.7 Å². The quantitative estimate of drug-likeness (QED) is 0.751. The number of aromatic nitrogens is 4. The molecule has 0 radical (unpaired) electrons. The van der Waals surface area contributed by atoms with Crippen LogP contribution in [0.25, 0.3) is 5.78 Å². The minimum Gasteiger partial charge on any atom is -0.381 e. The van der Waals surface area contributed by atoms with Crippen LogP contribution in [0.4, 0.5) is 5.82 Å². The van der Waals surface area contributed by atoms with Crippen LogP contribution >= 0.6 is 0 Å². The lowest BCUT2D eigenvalue weighted by atomic mass is 9.85. The van der Waals surface area contributed by atoms with Crippen LogP contribution in [0, 0.1) is 18.8 Å². The van der Waals surface area contributed by atoms with Crippen molar-refractivity contribution >= 4 is 17.5 Å². The van der Waals surface area contributed by atoms with Gasteiger partial charge in [0, 0.05) is 56.6 Å². The lowest BCUT2D eigenvalue weighted by Crippen LogP contribution is -2.50. The molecule has 3 aliphatic rings. The third-order valence-electron chi connectivity index (χ3n) is 7.42. The van der Waals surface area contributed by atoms with E-state index in [-0.39, 0.29) is 5.92 Å². The van der Waals surface area contributed by atoms with Gasteiger partial charge in [0.25, 0.3) is 5.78 Å². The minimum atomic E-state index is 0.162. The summed E-state index contributed by atoms with van der Waals surface area (Å²) in [6, 6.07) is 2.50. The van der Waals surface area contributed by atoms with Gasteiger partial charge in [0.2, 0.25) is 5.91 Å². The highest BCUT2D eigenvalue weighted by molar-refractivity contribution is 5.79. The Labute approximate surface area is 184 Å². The third kappa shape index (κ3) is 4.27. The number of hydrogen-bond acceptors (Lipinski definition) is 6. The van der Waals surface area contributed by atoms with Gasteiger partial charge in [-0.15, -0.1) is 0 Å². The van der Waals surface area contributed by atoms with Gasteiger partial charge in [-0.1, -0.05) is 12.8 Å². The molecule has 1 atom stereocenters. The molecule has 5 rings (SSSR count). The van der Waals surface area contributed by atoms with Crippen molar-refractivity contribution in [2.24, 2.45) is 11.8 Å². The van der Waals surface area contributed by atoms with E-state index in [1.807, 2.05) is 11.4 Å². The van der Waals surface area contributed by atoms with Gasteiger partial charge in [0.1, 0.15) is 12.1 Å². The van der Waals surface area contributed by atoms with Crippen LogP contribution in [-0.4, -0.2) is 69.3 Å². The molecule has 2 aromatic heterocycles. The summed E-state index contributed by atoms with van der Waals surface area (Å²) in [5.41, 5.74) is 0.967. The molecule has 31 heavy (non-hydrogen) atoms. The van der Waals surface area contributed by atoms with E-state index in [0.717, 1.165) is 82.9 Å². The molecule has 0 aliphatic carbocycles. The van der Waals surface area contributed by atoms with E-state index in [9.17, 15) is 4.79 Å². The summed E-state index contributed by atoms with van der Waals surface area (Å²) in [7, 11) is 0. The van der Waals surface area contributed by atoms with E-state index < -0.39 is 0 Å². The fourth-order valence-electron chi connectivity index (χ4n) is 5.73. The Bertz CT molecular complexity index is 901. The number of aryl methyl sites for hydroxylation is 1. The highest BCUT2D eigenvalue weighted by Crippen LogP contribution is 2.33. The van der Waals surface area contributed by atoms with Crippen molar-refractivity contribution in [1.29, 1.82) is 0 Å².